The van der Waals surface area contributed by atoms with Crippen molar-refractivity contribution >= 4 is 28.2 Å². The summed E-state index contributed by atoms with van der Waals surface area (Å²) < 4.78 is 80.7. The summed E-state index contributed by atoms with van der Waals surface area (Å²) >= 11 is 0. The van der Waals surface area contributed by atoms with Gasteiger partial charge in [-0.1, -0.05) is 6.92 Å². The summed E-state index contributed by atoms with van der Waals surface area (Å²) in [7, 11) is 0. The van der Waals surface area contributed by atoms with Gasteiger partial charge in [0.15, 0.2) is 17.4 Å². The molecule has 1 aliphatic rings. The van der Waals surface area contributed by atoms with E-state index in [4.69, 9.17) is 10.5 Å². The smallest absolute Gasteiger partial charge is 0.472 e. The Balaban J connectivity index is 1.77. The number of carbonyl (C=O) groups excluding carboxylic acids is 1. The predicted molar refractivity (Wildman–Crippen MR) is 151 cm³/mol. The highest BCUT2D eigenvalue weighted by Gasteiger charge is 2.36. The third kappa shape index (κ3) is 6.71. The van der Waals surface area contributed by atoms with Crippen molar-refractivity contribution in [3.05, 3.63) is 35.0 Å². The third-order valence-electron chi connectivity index (χ3n) is 7.36. The Labute approximate surface area is 249 Å². The van der Waals surface area contributed by atoms with Crippen molar-refractivity contribution in [1.29, 1.82) is 0 Å². The van der Waals surface area contributed by atoms with Gasteiger partial charge in [0.2, 0.25) is 11.8 Å². The number of hydrogen-bond acceptors (Lipinski definition) is 10. The molecule has 2 aromatic heterocycles. The fraction of sp³-hybridized carbons (Fsp3) is 0.464. The predicted octanol–water partition coefficient (Wildman–Crippen LogP) is 3.07. The molecule has 0 fully saturated rings. The molecule has 3 heterocycles. The molecule has 1 aliphatic heterocycles. The Morgan fingerprint density at radius 1 is 1.18 bits per heavy atom. The molecule has 3 unspecified atom stereocenters. The van der Waals surface area contributed by atoms with E-state index in [1.54, 1.807) is 27.7 Å². The molecule has 1 amide bonds. The average molecular weight is 629 g/mol. The lowest BCUT2D eigenvalue weighted by Gasteiger charge is -2.26. The van der Waals surface area contributed by atoms with E-state index in [-0.39, 0.29) is 34.7 Å². The normalized spacial score (nSPS) is 17.2. The van der Waals surface area contributed by atoms with Crippen LogP contribution >= 0.6 is 0 Å². The van der Waals surface area contributed by atoms with Crippen LogP contribution in [0, 0.1) is 25.5 Å². The Hall–Kier alpha value is -4.02. The van der Waals surface area contributed by atoms with Gasteiger partial charge in [0.25, 0.3) is 0 Å². The molecule has 3 aromatic rings. The Morgan fingerprint density at radius 3 is 2.48 bits per heavy atom. The lowest BCUT2D eigenvalue weighted by molar-refractivity contribution is -0.275. The maximum absolute atomic E-state index is 16.3. The molecular weight excluding hydrogens is 595 g/mol. The lowest BCUT2D eigenvalue weighted by Crippen LogP contribution is -2.53. The maximum atomic E-state index is 16.3. The second-order valence-corrected chi connectivity index (χ2v) is 10.4. The molecule has 11 nitrogen and oxygen atoms in total. The van der Waals surface area contributed by atoms with Crippen LogP contribution in [0.4, 0.5) is 33.5 Å². The topological polar surface area (TPSA) is 164 Å². The van der Waals surface area contributed by atoms with Crippen molar-refractivity contribution in [2.75, 3.05) is 30.8 Å². The second-order valence-electron chi connectivity index (χ2n) is 10.4. The Bertz CT molecular complexity index is 1550. The van der Waals surface area contributed by atoms with E-state index >= 15 is 4.39 Å². The number of aliphatic hydroxyl groups excluding tert-OH is 2. The standard InChI is InChI=1S/C28H33F5N6O5/c1-5-18(26(42)37-15(9-40)10-41)35-8-19-13(4)43-27-21-20(11(2)12(3)36-25(21)38-19)22(30)23(39-27)16-6-14(34)7-17(29)24(16)44-28(31,32)33/h6-7,13,15,18-19,35,40-41H,5,8-10,34H2,1-4H3,(H,36,38)(H,37,42). The molecule has 4 rings (SSSR count). The number of benzene rings is 1. The van der Waals surface area contributed by atoms with Crippen LogP contribution in [-0.2, 0) is 4.79 Å². The van der Waals surface area contributed by atoms with Crippen molar-refractivity contribution in [2.24, 2.45) is 0 Å². The molecule has 0 bridgehead atoms. The lowest BCUT2D eigenvalue weighted by atomic mass is 10.0. The summed E-state index contributed by atoms with van der Waals surface area (Å²) in [6, 6.07) is -0.582. The largest absolute Gasteiger partial charge is 0.573 e. The van der Waals surface area contributed by atoms with E-state index in [1.165, 1.54) is 0 Å². The van der Waals surface area contributed by atoms with Gasteiger partial charge >= 0.3 is 6.36 Å². The number of ether oxygens (including phenoxy) is 2. The van der Waals surface area contributed by atoms with Crippen LogP contribution in [0.1, 0.15) is 31.5 Å². The fourth-order valence-corrected chi connectivity index (χ4v) is 4.89. The molecule has 0 radical (unpaired) electrons. The maximum Gasteiger partial charge on any atom is 0.573 e. The van der Waals surface area contributed by atoms with Crippen LogP contribution in [0.15, 0.2) is 12.1 Å². The SMILES string of the molecule is CCC(NCC1Nc2nc(C)c(C)c3c(F)c(-c4cc(N)cc(F)c4OC(F)(F)F)nc(c23)OC1C)C(=O)NC(CO)CO. The molecule has 3 atom stereocenters. The Morgan fingerprint density at radius 2 is 1.86 bits per heavy atom. The van der Waals surface area contributed by atoms with E-state index in [9.17, 15) is 32.6 Å². The van der Waals surface area contributed by atoms with E-state index in [0.29, 0.717) is 23.7 Å². The Kier molecular flexibility index (Phi) is 9.65. The minimum atomic E-state index is -5.30. The summed E-state index contributed by atoms with van der Waals surface area (Å²) in [4.78, 5) is 21.4. The minimum Gasteiger partial charge on any atom is -0.472 e. The number of nitrogens with zero attached hydrogens (tertiary/aromatic N) is 2. The zero-order valence-electron chi connectivity index (χ0n) is 24.3. The third-order valence-corrected chi connectivity index (χ3v) is 7.36. The zero-order chi connectivity index (χ0) is 32.5. The minimum absolute atomic E-state index is 0.0635. The number of aryl methyl sites for hydroxylation is 2. The number of nitrogens with two attached hydrogens (primary N) is 1. The monoisotopic (exact) mass is 628 g/mol. The van der Waals surface area contributed by atoms with Gasteiger partial charge in [-0.15, -0.1) is 13.2 Å². The molecule has 0 aliphatic carbocycles. The van der Waals surface area contributed by atoms with E-state index in [1.807, 2.05) is 0 Å². The highest BCUT2D eigenvalue weighted by atomic mass is 19.4. The highest BCUT2D eigenvalue weighted by molar-refractivity contribution is 6.01. The first-order valence-corrected chi connectivity index (χ1v) is 13.7. The number of aromatic nitrogens is 2. The van der Waals surface area contributed by atoms with Gasteiger partial charge in [0.05, 0.1) is 42.3 Å². The van der Waals surface area contributed by atoms with Crippen LogP contribution in [0.5, 0.6) is 11.6 Å². The molecule has 0 saturated carbocycles. The first kappa shape index (κ1) is 32.9. The molecule has 16 heteroatoms. The first-order chi connectivity index (χ1) is 20.7. The van der Waals surface area contributed by atoms with Crippen LogP contribution in [0.25, 0.3) is 22.0 Å². The van der Waals surface area contributed by atoms with Crippen molar-refractivity contribution < 1.29 is 46.4 Å². The number of nitrogens with one attached hydrogen (secondary N) is 3. The number of carbonyl (C=O) groups is 1. The second kappa shape index (κ2) is 12.9. The fourth-order valence-electron chi connectivity index (χ4n) is 4.89. The van der Waals surface area contributed by atoms with Gasteiger partial charge in [-0.05, 0) is 38.8 Å². The van der Waals surface area contributed by atoms with Crippen molar-refractivity contribution in [3.63, 3.8) is 0 Å². The molecule has 1 aromatic carbocycles. The van der Waals surface area contributed by atoms with Gasteiger partial charge < -0.3 is 41.4 Å². The number of anilines is 2. The van der Waals surface area contributed by atoms with Gasteiger partial charge in [-0.2, -0.15) is 0 Å². The quantitative estimate of drug-likeness (QED) is 0.145. The average Bonchev–Trinajstić information content (AvgIpc) is 3.07. The highest BCUT2D eigenvalue weighted by Crippen LogP contribution is 2.44. The van der Waals surface area contributed by atoms with E-state index in [2.05, 4.69) is 30.7 Å². The summed E-state index contributed by atoms with van der Waals surface area (Å²) in [6.45, 7) is 5.83. The number of halogens is 5. The molecule has 7 N–H and O–H groups in total. The molecular formula is C28H33F5N6O5. The van der Waals surface area contributed by atoms with Crippen molar-refractivity contribution in [2.45, 2.75) is 64.7 Å². The van der Waals surface area contributed by atoms with E-state index < -0.39 is 78.4 Å². The molecule has 240 valence electrons. The van der Waals surface area contributed by atoms with Crippen molar-refractivity contribution in [1.82, 2.24) is 20.6 Å². The molecule has 44 heavy (non-hydrogen) atoms. The van der Waals surface area contributed by atoms with Gasteiger partial charge in [0, 0.05) is 29.4 Å². The van der Waals surface area contributed by atoms with Gasteiger partial charge in [-0.3, -0.25) is 4.79 Å². The zero-order valence-corrected chi connectivity index (χ0v) is 24.3. The molecule has 0 saturated heterocycles. The summed E-state index contributed by atoms with van der Waals surface area (Å²) in [5.74, 6) is -4.28. The van der Waals surface area contributed by atoms with Crippen LogP contribution in [0.3, 0.4) is 0 Å². The summed E-state index contributed by atoms with van der Waals surface area (Å²) in [5.41, 5.74) is 4.81. The van der Waals surface area contributed by atoms with Gasteiger partial charge in [-0.25, -0.2) is 18.7 Å². The number of hydrogen-bond donors (Lipinski definition) is 6. The number of aliphatic hydroxyl groups is 2. The van der Waals surface area contributed by atoms with Crippen LogP contribution in [0.2, 0.25) is 0 Å². The molecule has 0 spiro atoms. The van der Waals surface area contributed by atoms with Crippen molar-refractivity contribution in [3.8, 4) is 22.9 Å². The van der Waals surface area contributed by atoms with E-state index in [0.717, 1.165) is 6.07 Å². The number of alkyl halides is 3. The number of pyridine rings is 2. The summed E-state index contributed by atoms with van der Waals surface area (Å²) in [6.07, 6.45) is -5.66. The van der Waals surface area contributed by atoms with Crippen LogP contribution < -0.4 is 31.2 Å². The number of rotatable bonds is 10. The number of amides is 1. The summed E-state index contributed by atoms with van der Waals surface area (Å²) in [5, 5.41) is 27.5. The van der Waals surface area contributed by atoms with Gasteiger partial charge in [0.1, 0.15) is 17.6 Å². The van der Waals surface area contributed by atoms with Crippen LogP contribution in [-0.4, -0.2) is 76.4 Å². The first-order valence-electron chi connectivity index (χ1n) is 13.7. The number of nitrogen functional groups attached to an aromatic ring is 1.